The van der Waals surface area contributed by atoms with Crippen LogP contribution in [0.3, 0.4) is 0 Å². The van der Waals surface area contributed by atoms with Gasteiger partial charge < -0.3 is 9.80 Å². The molecular weight excluding hydrogens is 152 g/mol. The maximum Gasteiger partial charge on any atom is 0.209 e. The summed E-state index contributed by atoms with van der Waals surface area (Å²) in [6, 6.07) is 0.493. The molecule has 1 aliphatic heterocycles. The van der Waals surface area contributed by atoms with Crippen LogP contribution < -0.4 is 0 Å². The first kappa shape index (κ1) is 11.4. The molecule has 1 saturated heterocycles. The molecule has 1 unspecified atom stereocenters. The lowest BCUT2D eigenvalue weighted by atomic mass is 10.2. The standard InChI is InChI=1S/C6H11NO.C3H9N/c1-6-3-2-4-7(6)5-8;1-4(2)3/h5-6H,2-4H2,1H3;1-3H3. The van der Waals surface area contributed by atoms with Crippen LogP contribution in [-0.2, 0) is 4.79 Å². The Labute approximate surface area is 75.3 Å². The second-order valence-electron chi connectivity index (χ2n) is 3.68. The zero-order chi connectivity index (χ0) is 9.56. The Morgan fingerprint density at radius 2 is 1.92 bits per heavy atom. The van der Waals surface area contributed by atoms with E-state index in [2.05, 4.69) is 6.92 Å². The monoisotopic (exact) mass is 172 g/mol. The lowest BCUT2D eigenvalue weighted by Gasteiger charge is -2.13. The molecule has 0 N–H and O–H groups in total. The highest BCUT2D eigenvalue weighted by Gasteiger charge is 2.16. The summed E-state index contributed by atoms with van der Waals surface area (Å²) in [4.78, 5) is 14.0. The van der Waals surface area contributed by atoms with Crippen molar-refractivity contribution in [1.29, 1.82) is 0 Å². The number of likely N-dealkylation sites (tertiary alicyclic amines) is 1. The van der Waals surface area contributed by atoms with E-state index in [0.717, 1.165) is 13.0 Å². The van der Waals surface area contributed by atoms with Gasteiger partial charge in [-0.25, -0.2) is 0 Å². The minimum absolute atomic E-state index is 0.493. The van der Waals surface area contributed by atoms with Crippen molar-refractivity contribution in [2.24, 2.45) is 0 Å². The van der Waals surface area contributed by atoms with Crippen LogP contribution in [-0.4, -0.2) is 49.9 Å². The molecule has 0 saturated carbocycles. The van der Waals surface area contributed by atoms with Gasteiger partial charge >= 0.3 is 0 Å². The molecular formula is C9H20N2O. The van der Waals surface area contributed by atoms with Gasteiger partial charge in [-0.3, -0.25) is 4.79 Å². The molecule has 12 heavy (non-hydrogen) atoms. The first-order valence-electron chi connectivity index (χ1n) is 4.40. The van der Waals surface area contributed by atoms with Crippen molar-refractivity contribution in [3.05, 3.63) is 0 Å². The molecule has 0 aromatic heterocycles. The number of carbonyl (C=O) groups is 1. The minimum atomic E-state index is 0.493. The fourth-order valence-electron chi connectivity index (χ4n) is 1.11. The van der Waals surface area contributed by atoms with Gasteiger partial charge in [0.05, 0.1) is 0 Å². The molecule has 1 atom stereocenters. The Morgan fingerprint density at radius 3 is 2.08 bits per heavy atom. The quantitative estimate of drug-likeness (QED) is 0.546. The molecule has 0 spiro atoms. The summed E-state index contributed by atoms with van der Waals surface area (Å²) in [5.41, 5.74) is 0. The molecule has 3 heteroatoms. The maximum atomic E-state index is 10.1. The van der Waals surface area contributed by atoms with Gasteiger partial charge in [-0.2, -0.15) is 0 Å². The summed E-state index contributed by atoms with van der Waals surface area (Å²) in [6.45, 7) is 3.05. The van der Waals surface area contributed by atoms with E-state index in [1.807, 2.05) is 30.9 Å². The summed E-state index contributed by atoms with van der Waals surface area (Å²) in [6.07, 6.45) is 3.30. The molecule has 1 aliphatic rings. The smallest absolute Gasteiger partial charge is 0.209 e. The third-order valence-corrected chi connectivity index (χ3v) is 1.74. The normalized spacial score (nSPS) is 22.1. The fourth-order valence-corrected chi connectivity index (χ4v) is 1.11. The zero-order valence-electron chi connectivity index (χ0n) is 8.58. The molecule has 0 bridgehead atoms. The molecule has 1 rings (SSSR count). The summed E-state index contributed by atoms with van der Waals surface area (Å²) in [5, 5.41) is 0. The number of hydrogen-bond donors (Lipinski definition) is 0. The number of nitrogens with zero attached hydrogens (tertiary/aromatic N) is 2. The number of rotatable bonds is 1. The van der Waals surface area contributed by atoms with E-state index in [1.165, 1.54) is 12.8 Å². The topological polar surface area (TPSA) is 23.6 Å². The highest BCUT2D eigenvalue weighted by atomic mass is 16.1. The molecule has 0 aliphatic carbocycles. The second-order valence-corrected chi connectivity index (χ2v) is 3.68. The fraction of sp³-hybridized carbons (Fsp3) is 0.889. The van der Waals surface area contributed by atoms with E-state index in [1.54, 1.807) is 0 Å². The van der Waals surface area contributed by atoms with Crippen LogP contribution >= 0.6 is 0 Å². The van der Waals surface area contributed by atoms with E-state index in [0.29, 0.717) is 6.04 Å². The number of hydrogen-bond acceptors (Lipinski definition) is 2. The van der Waals surface area contributed by atoms with Crippen LogP contribution in [0, 0.1) is 0 Å². The third kappa shape index (κ3) is 5.13. The van der Waals surface area contributed by atoms with Crippen molar-refractivity contribution >= 4 is 6.41 Å². The molecule has 0 aromatic rings. The van der Waals surface area contributed by atoms with Gasteiger partial charge in [-0.05, 0) is 40.9 Å². The van der Waals surface area contributed by atoms with Gasteiger partial charge in [0.1, 0.15) is 0 Å². The Balaban J connectivity index is 0.000000261. The van der Waals surface area contributed by atoms with Crippen molar-refractivity contribution in [2.45, 2.75) is 25.8 Å². The van der Waals surface area contributed by atoms with Gasteiger partial charge in [0.25, 0.3) is 0 Å². The SMILES string of the molecule is CC1CCCN1C=O.CN(C)C. The Hall–Kier alpha value is -0.570. The van der Waals surface area contributed by atoms with Gasteiger partial charge in [0, 0.05) is 12.6 Å². The van der Waals surface area contributed by atoms with Crippen LogP contribution in [0.1, 0.15) is 19.8 Å². The van der Waals surface area contributed by atoms with Gasteiger partial charge in [0.15, 0.2) is 0 Å². The molecule has 3 nitrogen and oxygen atoms in total. The summed E-state index contributed by atoms with van der Waals surface area (Å²) in [5.74, 6) is 0. The van der Waals surface area contributed by atoms with Gasteiger partial charge in [0.2, 0.25) is 6.41 Å². The first-order valence-corrected chi connectivity index (χ1v) is 4.40. The first-order chi connectivity index (χ1) is 5.57. The van der Waals surface area contributed by atoms with Crippen LogP contribution in [0.5, 0.6) is 0 Å². The zero-order valence-corrected chi connectivity index (χ0v) is 8.58. The molecule has 1 fully saturated rings. The van der Waals surface area contributed by atoms with Crippen molar-refractivity contribution in [2.75, 3.05) is 27.7 Å². The maximum absolute atomic E-state index is 10.1. The van der Waals surface area contributed by atoms with Gasteiger partial charge in [-0.1, -0.05) is 0 Å². The average Bonchev–Trinajstić information content (AvgIpc) is 2.33. The molecule has 0 radical (unpaired) electrons. The Kier molecular flexibility index (Phi) is 5.72. The number of carbonyl (C=O) groups excluding carboxylic acids is 1. The van der Waals surface area contributed by atoms with Crippen molar-refractivity contribution in [3.8, 4) is 0 Å². The lowest BCUT2D eigenvalue weighted by Crippen LogP contribution is -2.24. The highest BCUT2D eigenvalue weighted by Crippen LogP contribution is 2.12. The average molecular weight is 172 g/mol. The predicted octanol–water partition coefficient (Wildman–Crippen LogP) is 0.805. The lowest BCUT2D eigenvalue weighted by molar-refractivity contribution is -0.118. The molecule has 0 aromatic carbocycles. The van der Waals surface area contributed by atoms with E-state index >= 15 is 0 Å². The molecule has 1 amide bonds. The summed E-state index contributed by atoms with van der Waals surface area (Å²) < 4.78 is 0. The summed E-state index contributed by atoms with van der Waals surface area (Å²) in [7, 11) is 6.00. The highest BCUT2D eigenvalue weighted by molar-refractivity contribution is 5.48. The van der Waals surface area contributed by atoms with Crippen LogP contribution in [0.2, 0.25) is 0 Å². The van der Waals surface area contributed by atoms with Crippen molar-refractivity contribution < 1.29 is 4.79 Å². The Morgan fingerprint density at radius 1 is 1.42 bits per heavy atom. The van der Waals surface area contributed by atoms with E-state index < -0.39 is 0 Å². The van der Waals surface area contributed by atoms with Crippen molar-refractivity contribution in [1.82, 2.24) is 9.80 Å². The molecule has 1 heterocycles. The second kappa shape index (κ2) is 6.00. The van der Waals surface area contributed by atoms with Crippen LogP contribution in [0.15, 0.2) is 0 Å². The van der Waals surface area contributed by atoms with Gasteiger partial charge in [-0.15, -0.1) is 0 Å². The van der Waals surface area contributed by atoms with E-state index in [-0.39, 0.29) is 0 Å². The largest absolute Gasteiger partial charge is 0.343 e. The van der Waals surface area contributed by atoms with E-state index in [9.17, 15) is 4.79 Å². The predicted molar refractivity (Wildman–Crippen MR) is 51.1 cm³/mol. The van der Waals surface area contributed by atoms with Crippen LogP contribution in [0.25, 0.3) is 0 Å². The summed E-state index contributed by atoms with van der Waals surface area (Å²) >= 11 is 0. The van der Waals surface area contributed by atoms with Crippen molar-refractivity contribution in [3.63, 3.8) is 0 Å². The molecule has 72 valence electrons. The minimum Gasteiger partial charge on any atom is -0.343 e. The number of amides is 1. The van der Waals surface area contributed by atoms with E-state index in [4.69, 9.17) is 0 Å². The third-order valence-electron chi connectivity index (χ3n) is 1.74. The Bertz CT molecular complexity index is 123. The van der Waals surface area contributed by atoms with Crippen LogP contribution in [0.4, 0.5) is 0 Å².